The number of nitrogens with one attached hydrogen (secondary N) is 1. The van der Waals surface area contributed by atoms with E-state index in [2.05, 4.69) is 25.1 Å². The van der Waals surface area contributed by atoms with Crippen molar-refractivity contribution in [1.29, 1.82) is 0 Å². The van der Waals surface area contributed by atoms with E-state index in [1.165, 1.54) is 51.9 Å². The third-order valence-corrected chi connectivity index (χ3v) is 7.68. The summed E-state index contributed by atoms with van der Waals surface area (Å²) in [6.07, 6.45) is -1.19. The van der Waals surface area contributed by atoms with Crippen LogP contribution in [0.3, 0.4) is 0 Å². The monoisotopic (exact) mass is 622 g/mol. The lowest BCUT2D eigenvalue weighted by molar-refractivity contribution is -0.274. The molecule has 3 amide bonds. The number of aryl methyl sites for hydroxylation is 3. The van der Waals surface area contributed by atoms with Gasteiger partial charge in [0.05, 0.1) is 17.1 Å². The zero-order valence-electron chi connectivity index (χ0n) is 24.0. The number of alkyl halides is 3. The van der Waals surface area contributed by atoms with E-state index in [0.717, 1.165) is 34.4 Å². The molecule has 0 saturated carbocycles. The summed E-state index contributed by atoms with van der Waals surface area (Å²) in [5, 5.41) is 7.64. The van der Waals surface area contributed by atoms with Gasteiger partial charge in [0.2, 0.25) is 5.91 Å². The molecular weight excluding hydrogens is 593 g/mol. The van der Waals surface area contributed by atoms with E-state index in [-0.39, 0.29) is 17.4 Å². The van der Waals surface area contributed by atoms with Crippen molar-refractivity contribution < 1.29 is 27.5 Å². The van der Waals surface area contributed by atoms with Gasteiger partial charge in [-0.1, -0.05) is 49.0 Å². The Bertz CT molecular complexity index is 1690. The number of hydrogen-bond acceptors (Lipinski definition) is 6. The fourth-order valence-corrected chi connectivity index (χ4v) is 5.52. The van der Waals surface area contributed by atoms with Crippen molar-refractivity contribution in [2.75, 3.05) is 17.2 Å². The molecule has 0 aliphatic carbocycles. The number of benzene rings is 3. The Kier molecular flexibility index (Phi) is 9.33. The van der Waals surface area contributed by atoms with Crippen LogP contribution >= 0.6 is 11.8 Å². The van der Waals surface area contributed by atoms with Gasteiger partial charge in [0.25, 0.3) is 0 Å². The molecule has 1 fully saturated rings. The number of amidine groups is 1. The van der Waals surface area contributed by atoms with Crippen LogP contribution in [-0.2, 0) is 17.6 Å². The Morgan fingerprint density at radius 1 is 1.11 bits per heavy atom. The van der Waals surface area contributed by atoms with Gasteiger partial charge in [-0.05, 0) is 79.3 Å². The van der Waals surface area contributed by atoms with Gasteiger partial charge in [0.1, 0.15) is 12.1 Å². The molecule has 0 atom stereocenters. The number of carbonyl (C=O) groups excluding carboxylic acids is 2. The number of anilines is 1. The lowest BCUT2D eigenvalue weighted by Gasteiger charge is -2.20. The Labute approximate surface area is 256 Å². The fourth-order valence-electron chi connectivity index (χ4n) is 4.66. The number of carbonyl (C=O) groups is 2. The van der Waals surface area contributed by atoms with Crippen LogP contribution in [0.2, 0.25) is 0 Å². The van der Waals surface area contributed by atoms with Gasteiger partial charge >= 0.3 is 12.4 Å². The van der Waals surface area contributed by atoms with Crippen molar-refractivity contribution in [1.82, 2.24) is 20.1 Å². The first-order valence-corrected chi connectivity index (χ1v) is 14.9. The number of rotatable bonds is 9. The van der Waals surface area contributed by atoms with E-state index in [1.54, 1.807) is 0 Å². The van der Waals surface area contributed by atoms with Crippen LogP contribution in [-0.4, -0.2) is 50.5 Å². The number of ether oxygens (including phenoxy) is 1. The molecule has 0 radical (unpaired) electrons. The zero-order chi connectivity index (χ0) is 31.3. The van der Waals surface area contributed by atoms with E-state index in [1.807, 2.05) is 56.3 Å². The van der Waals surface area contributed by atoms with Crippen molar-refractivity contribution >= 4 is 34.6 Å². The summed E-state index contributed by atoms with van der Waals surface area (Å²) >= 11 is 1.25. The lowest BCUT2D eigenvalue weighted by Crippen LogP contribution is -2.32. The quantitative estimate of drug-likeness (QED) is 0.215. The molecule has 1 N–H and O–H groups in total. The van der Waals surface area contributed by atoms with Crippen LogP contribution in [0.1, 0.15) is 30.0 Å². The maximum Gasteiger partial charge on any atom is 0.573 e. The first-order valence-electron chi connectivity index (χ1n) is 13.9. The van der Waals surface area contributed by atoms with E-state index in [9.17, 15) is 22.8 Å². The summed E-state index contributed by atoms with van der Waals surface area (Å²) in [5.41, 5.74) is 5.12. The van der Waals surface area contributed by atoms with Gasteiger partial charge in [0.15, 0.2) is 11.0 Å². The normalized spacial score (nSPS) is 14.3. The molecule has 1 saturated heterocycles. The Balaban J connectivity index is 1.16. The van der Waals surface area contributed by atoms with Gasteiger partial charge in [-0.3, -0.25) is 9.69 Å². The minimum absolute atomic E-state index is 0.102. The van der Waals surface area contributed by atoms with Gasteiger partial charge in [-0.2, -0.15) is 4.99 Å². The molecule has 0 unspecified atom stereocenters. The first kappa shape index (κ1) is 30.8. The molecule has 0 spiro atoms. The van der Waals surface area contributed by atoms with Crippen molar-refractivity contribution in [3.8, 4) is 22.8 Å². The average molecular weight is 623 g/mol. The minimum atomic E-state index is -4.76. The summed E-state index contributed by atoms with van der Waals surface area (Å²) in [4.78, 5) is 35.4. The number of urea groups is 1. The highest BCUT2D eigenvalue weighted by molar-refractivity contribution is 8.15. The predicted octanol–water partition coefficient (Wildman–Crippen LogP) is 6.48. The number of nitrogens with zero attached hydrogens (tertiary/aromatic N) is 5. The van der Waals surface area contributed by atoms with Crippen LogP contribution < -0.4 is 15.0 Å². The highest BCUT2D eigenvalue weighted by Gasteiger charge is 2.32. The summed E-state index contributed by atoms with van der Waals surface area (Å²) in [6.45, 7) is 4.37. The molecule has 5 rings (SSSR count). The highest BCUT2D eigenvalue weighted by atomic mass is 32.2. The van der Waals surface area contributed by atoms with Crippen LogP contribution in [0.15, 0.2) is 78.0 Å². The zero-order valence-corrected chi connectivity index (χ0v) is 24.8. The summed E-state index contributed by atoms with van der Waals surface area (Å²) in [6, 6.07) is 18.5. The Hall–Kier alpha value is -4.65. The number of aliphatic imine (C=N–C) groups is 1. The molecule has 2 heterocycles. The van der Waals surface area contributed by atoms with Gasteiger partial charge < -0.3 is 10.1 Å². The van der Waals surface area contributed by atoms with Crippen LogP contribution in [0.5, 0.6) is 5.75 Å². The molecule has 9 nitrogen and oxygen atoms in total. The van der Waals surface area contributed by atoms with E-state index in [0.29, 0.717) is 36.1 Å². The average Bonchev–Trinajstić information content (AvgIpc) is 3.62. The third-order valence-electron chi connectivity index (χ3n) is 6.76. The molecule has 0 bridgehead atoms. The third kappa shape index (κ3) is 7.64. The standard InChI is InChI=1S/C31H29F3N6O3S/c1-3-22-10-9-20(2)16-26(22)40-27(41)18-44-30(40)37-29(42)35-15-5-7-21-6-4-8-23(17-21)28-36-19-39(38-28)24-11-13-25(14-12-24)43-31(32,33)34/h4,6,8-14,16-17,19H,3,5,7,15,18H2,1-2H3,(H,35,42)/b37-30-. The maximum atomic E-state index is 12.7. The number of hydrogen-bond donors (Lipinski definition) is 1. The number of aromatic nitrogens is 3. The van der Waals surface area contributed by atoms with Crippen LogP contribution in [0.25, 0.3) is 17.1 Å². The van der Waals surface area contributed by atoms with Gasteiger partial charge in [-0.25, -0.2) is 14.5 Å². The molecule has 1 aromatic heterocycles. The summed E-state index contributed by atoms with van der Waals surface area (Å²) in [5.74, 6) is 0.268. The number of thioether (sulfide) groups is 1. The second kappa shape index (κ2) is 13.3. The van der Waals surface area contributed by atoms with E-state index < -0.39 is 12.4 Å². The Morgan fingerprint density at radius 2 is 1.91 bits per heavy atom. The predicted molar refractivity (Wildman–Crippen MR) is 163 cm³/mol. The highest BCUT2D eigenvalue weighted by Crippen LogP contribution is 2.31. The lowest BCUT2D eigenvalue weighted by atomic mass is 10.1. The summed E-state index contributed by atoms with van der Waals surface area (Å²) in [7, 11) is 0. The second-order valence-electron chi connectivity index (χ2n) is 9.99. The molecule has 13 heteroatoms. The van der Waals surface area contributed by atoms with Crippen molar-refractivity contribution in [2.24, 2.45) is 4.99 Å². The largest absolute Gasteiger partial charge is 0.573 e. The Morgan fingerprint density at radius 3 is 2.66 bits per heavy atom. The van der Waals surface area contributed by atoms with Gasteiger partial charge in [-0.15, -0.1) is 18.3 Å². The molecular formula is C31H29F3N6O3S. The molecule has 4 aromatic rings. The van der Waals surface area contributed by atoms with Gasteiger partial charge in [0, 0.05) is 12.1 Å². The molecule has 1 aliphatic heterocycles. The summed E-state index contributed by atoms with van der Waals surface area (Å²) < 4.78 is 42.6. The SMILES string of the molecule is CCc1ccc(C)cc1N1C(=O)CS/C1=N\C(=O)NCCCc1cccc(-c2ncn(-c3ccc(OC(F)(F)F)cc3)n2)c1. The second-order valence-corrected chi connectivity index (χ2v) is 10.9. The van der Waals surface area contributed by atoms with Crippen LogP contribution in [0, 0.1) is 6.92 Å². The number of amides is 3. The van der Waals surface area contributed by atoms with E-state index >= 15 is 0 Å². The topological polar surface area (TPSA) is 102 Å². The molecule has 44 heavy (non-hydrogen) atoms. The van der Waals surface area contributed by atoms with Crippen molar-refractivity contribution in [3.05, 3.63) is 89.7 Å². The molecule has 1 aliphatic rings. The van der Waals surface area contributed by atoms with Crippen molar-refractivity contribution in [2.45, 2.75) is 39.5 Å². The van der Waals surface area contributed by atoms with Crippen LogP contribution in [0.4, 0.5) is 23.7 Å². The molecule has 228 valence electrons. The van der Waals surface area contributed by atoms with E-state index in [4.69, 9.17) is 0 Å². The molecule has 3 aromatic carbocycles. The van der Waals surface area contributed by atoms with Crippen molar-refractivity contribution in [3.63, 3.8) is 0 Å². The maximum absolute atomic E-state index is 12.7. The number of halogens is 3. The fraction of sp³-hybridized carbons (Fsp3) is 0.258. The minimum Gasteiger partial charge on any atom is -0.406 e. The smallest absolute Gasteiger partial charge is 0.406 e. The first-order chi connectivity index (χ1) is 21.1.